The Labute approximate surface area is 135 Å². The van der Waals surface area contributed by atoms with Gasteiger partial charge in [0.15, 0.2) is 0 Å². The minimum Gasteiger partial charge on any atom is -0.388 e. The normalized spacial score (nSPS) is 22.0. The van der Waals surface area contributed by atoms with Gasteiger partial charge in [0.1, 0.15) is 0 Å². The minimum absolute atomic E-state index is 0.0601. The summed E-state index contributed by atoms with van der Waals surface area (Å²) in [6.07, 6.45) is -2.93. The standard InChI is InChI=1S/C15H17F3N4O2/c1-7(9-4-10(19)5-9)20-12-6-8(13-21-22-14(23)24-13)2-3-11(12)15(16,17)18/h2-3,6-7,9-10,20H,4-5,19H2,1H3,(H,22,23)/t7-,9?,10?/m0/s1. The predicted molar refractivity (Wildman–Crippen MR) is 81.3 cm³/mol. The molecular formula is C15H17F3N4O2. The molecule has 0 amide bonds. The van der Waals surface area contributed by atoms with Crippen LogP contribution in [0.5, 0.6) is 0 Å². The highest BCUT2D eigenvalue weighted by molar-refractivity contribution is 5.65. The summed E-state index contributed by atoms with van der Waals surface area (Å²) in [6, 6.07) is 3.41. The van der Waals surface area contributed by atoms with Gasteiger partial charge in [-0.3, -0.25) is 0 Å². The summed E-state index contributed by atoms with van der Waals surface area (Å²) in [5.41, 5.74) is 5.17. The van der Waals surface area contributed by atoms with E-state index in [1.165, 1.54) is 12.1 Å². The fourth-order valence-electron chi connectivity index (χ4n) is 2.88. The van der Waals surface area contributed by atoms with E-state index in [0.29, 0.717) is 0 Å². The van der Waals surface area contributed by atoms with Crippen molar-refractivity contribution in [2.24, 2.45) is 11.7 Å². The second kappa shape index (κ2) is 5.97. The van der Waals surface area contributed by atoms with Crippen molar-refractivity contribution in [3.63, 3.8) is 0 Å². The number of nitrogens with one attached hydrogen (secondary N) is 2. The van der Waals surface area contributed by atoms with E-state index in [2.05, 4.69) is 15.5 Å². The van der Waals surface area contributed by atoms with Gasteiger partial charge in [0.25, 0.3) is 0 Å². The molecule has 0 unspecified atom stereocenters. The predicted octanol–water partition coefficient (Wildman–Crippen LogP) is 2.59. The molecule has 0 aliphatic heterocycles. The number of alkyl halides is 3. The van der Waals surface area contributed by atoms with Crippen molar-refractivity contribution in [2.45, 2.75) is 38.0 Å². The lowest BCUT2D eigenvalue weighted by Crippen LogP contribution is -2.44. The molecule has 9 heteroatoms. The maximum absolute atomic E-state index is 13.2. The van der Waals surface area contributed by atoms with E-state index in [4.69, 9.17) is 10.2 Å². The molecule has 1 heterocycles. The van der Waals surface area contributed by atoms with Crippen molar-refractivity contribution in [1.29, 1.82) is 0 Å². The molecule has 1 aliphatic carbocycles. The zero-order chi connectivity index (χ0) is 17.5. The number of nitrogens with two attached hydrogens (primary N) is 1. The monoisotopic (exact) mass is 342 g/mol. The molecule has 0 bridgehead atoms. The Morgan fingerprint density at radius 3 is 2.67 bits per heavy atom. The molecule has 1 saturated carbocycles. The van der Waals surface area contributed by atoms with Crippen molar-refractivity contribution in [3.8, 4) is 11.5 Å². The van der Waals surface area contributed by atoms with E-state index in [9.17, 15) is 18.0 Å². The van der Waals surface area contributed by atoms with Gasteiger partial charge in [0.2, 0.25) is 5.89 Å². The summed E-state index contributed by atoms with van der Waals surface area (Å²) in [4.78, 5) is 11.0. The van der Waals surface area contributed by atoms with Crippen molar-refractivity contribution in [1.82, 2.24) is 10.2 Å². The molecule has 1 fully saturated rings. The van der Waals surface area contributed by atoms with E-state index in [0.717, 1.165) is 18.9 Å². The van der Waals surface area contributed by atoms with Gasteiger partial charge >= 0.3 is 11.9 Å². The van der Waals surface area contributed by atoms with Gasteiger partial charge in [-0.05, 0) is 43.9 Å². The summed E-state index contributed by atoms with van der Waals surface area (Å²) < 4.78 is 44.5. The Bertz CT molecular complexity index is 778. The van der Waals surface area contributed by atoms with Crippen LogP contribution in [0.1, 0.15) is 25.3 Å². The Morgan fingerprint density at radius 1 is 1.42 bits per heavy atom. The fourth-order valence-corrected chi connectivity index (χ4v) is 2.88. The van der Waals surface area contributed by atoms with Gasteiger partial charge in [-0.2, -0.15) is 13.2 Å². The molecule has 0 spiro atoms. The first-order chi connectivity index (χ1) is 11.2. The maximum atomic E-state index is 13.2. The largest absolute Gasteiger partial charge is 0.434 e. The quantitative estimate of drug-likeness (QED) is 0.793. The molecule has 130 valence electrons. The molecule has 24 heavy (non-hydrogen) atoms. The van der Waals surface area contributed by atoms with Crippen LogP contribution in [-0.2, 0) is 6.18 Å². The summed E-state index contributed by atoms with van der Waals surface area (Å²) in [5, 5.41) is 8.65. The SMILES string of the molecule is C[C@H](Nc1cc(-c2n[nH]c(=O)o2)ccc1C(F)(F)F)C1CC(N)C1. The highest BCUT2D eigenvalue weighted by Crippen LogP contribution is 2.38. The average molecular weight is 342 g/mol. The lowest BCUT2D eigenvalue weighted by Gasteiger charge is -2.38. The molecule has 2 aromatic rings. The number of benzene rings is 1. The topological polar surface area (TPSA) is 96.9 Å². The van der Waals surface area contributed by atoms with Gasteiger partial charge in [0, 0.05) is 23.3 Å². The molecule has 0 saturated heterocycles. The molecular weight excluding hydrogens is 325 g/mol. The van der Waals surface area contributed by atoms with Crippen LogP contribution < -0.4 is 16.8 Å². The smallest absolute Gasteiger partial charge is 0.388 e. The zero-order valence-corrected chi connectivity index (χ0v) is 12.9. The molecule has 1 aromatic carbocycles. The van der Waals surface area contributed by atoms with E-state index in [1.54, 1.807) is 0 Å². The zero-order valence-electron chi connectivity index (χ0n) is 12.9. The third-order valence-corrected chi connectivity index (χ3v) is 4.31. The molecule has 0 radical (unpaired) electrons. The minimum atomic E-state index is -4.50. The molecule has 4 N–H and O–H groups in total. The number of rotatable bonds is 4. The second-order valence-corrected chi connectivity index (χ2v) is 6.10. The van der Waals surface area contributed by atoms with Crippen LogP contribution >= 0.6 is 0 Å². The van der Waals surface area contributed by atoms with Crippen LogP contribution in [-0.4, -0.2) is 22.3 Å². The summed E-state index contributed by atoms with van der Waals surface area (Å²) >= 11 is 0. The number of aromatic amines is 1. The van der Waals surface area contributed by atoms with Crippen LogP contribution in [0.2, 0.25) is 0 Å². The van der Waals surface area contributed by atoms with Gasteiger partial charge in [-0.1, -0.05) is 0 Å². The Hall–Kier alpha value is -2.29. The number of nitrogens with zero attached hydrogens (tertiary/aromatic N) is 1. The van der Waals surface area contributed by atoms with Crippen molar-refractivity contribution in [2.75, 3.05) is 5.32 Å². The Morgan fingerprint density at radius 2 is 2.12 bits per heavy atom. The van der Waals surface area contributed by atoms with Crippen LogP contribution in [0, 0.1) is 5.92 Å². The van der Waals surface area contributed by atoms with Gasteiger partial charge in [-0.25, -0.2) is 9.89 Å². The fraction of sp³-hybridized carbons (Fsp3) is 0.467. The highest BCUT2D eigenvalue weighted by Gasteiger charge is 2.36. The van der Waals surface area contributed by atoms with E-state index in [1.807, 2.05) is 6.92 Å². The molecule has 3 rings (SSSR count). The molecule has 1 aliphatic rings. The third-order valence-electron chi connectivity index (χ3n) is 4.31. The summed E-state index contributed by atoms with van der Waals surface area (Å²) in [6.45, 7) is 1.83. The number of hydrogen-bond donors (Lipinski definition) is 3. The van der Waals surface area contributed by atoms with Crippen molar-refractivity contribution < 1.29 is 17.6 Å². The number of hydrogen-bond acceptors (Lipinski definition) is 5. The molecule has 6 nitrogen and oxygen atoms in total. The number of halogens is 3. The molecule has 1 atom stereocenters. The third kappa shape index (κ3) is 3.30. The second-order valence-electron chi connectivity index (χ2n) is 6.10. The Kier molecular flexibility index (Phi) is 4.12. The first kappa shape index (κ1) is 16.6. The number of aromatic nitrogens is 2. The van der Waals surface area contributed by atoms with Crippen molar-refractivity contribution >= 4 is 5.69 Å². The summed E-state index contributed by atoms with van der Waals surface area (Å²) in [7, 11) is 0. The number of anilines is 1. The maximum Gasteiger partial charge on any atom is 0.434 e. The lowest BCUT2D eigenvalue weighted by molar-refractivity contribution is -0.137. The van der Waals surface area contributed by atoms with Gasteiger partial charge in [0.05, 0.1) is 5.56 Å². The first-order valence-corrected chi connectivity index (χ1v) is 7.53. The Balaban J connectivity index is 1.92. The molecule has 1 aromatic heterocycles. The summed E-state index contributed by atoms with van der Waals surface area (Å²) in [5.74, 6) is -0.598. The van der Waals surface area contributed by atoms with Crippen molar-refractivity contribution in [3.05, 3.63) is 34.3 Å². The highest BCUT2D eigenvalue weighted by atomic mass is 19.4. The van der Waals surface area contributed by atoms with Crippen LogP contribution in [0.15, 0.2) is 27.4 Å². The average Bonchev–Trinajstić information content (AvgIpc) is 2.89. The first-order valence-electron chi connectivity index (χ1n) is 7.53. The van der Waals surface area contributed by atoms with Crippen LogP contribution in [0.25, 0.3) is 11.5 Å². The van der Waals surface area contributed by atoms with Gasteiger partial charge in [-0.15, -0.1) is 5.10 Å². The number of H-pyrrole nitrogens is 1. The van der Waals surface area contributed by atoms with E-state index < -0.39 is 17.5 Å². The van der Waals surface area contributed by atoms with Gasteiger partial charge < -0.3 is 15.5 Å². The van der Waals surface area contributed by atoms with E-state index >= 15 is 0 Å². The lowest BCUT2D eigenvalue weighted by atomic mass is 9.76. The van der Waals surface area contributed by atoms with Crippen LogP contribution in [0.3, 0.4) is 0 Å². The van der Waals surface area contributed by atoms with E-state index in [-0.39, 0.29) is 35.1 Å². The van der Waals surface area contributed by atoms with Crippen LogP contribution in [0.4, 0.5) is 18.9 Å².